The Balaban J connectivity index is 1.89. The van der Waals surface area contributed by atoms with E-state index in [2.05, 4.69) is 26.2 Å². The fraction of sp³-hybridized carbons (Fsp3) is 0. The van der Waals surface area contributed by atoms with E-state index in [1.807, 2.05) is 36.4 Å². The van der Waals surface area contributed by atoms with Crippen LogP contribution in [0.3, 0.4) is 0 Å². The maximum absolute atomic E-state index is 12.2. The number of benzene rings is 2. The van der Waals surface area contributed by atoms with Crippen LogP contribution in [0.2, 0.25) is 0 Å². The molecule has 3 N–H and O–H groups in total. The molecule has 0 bridgehead atoms. The summed E-state index contributed by atoms with van der Waals surface area (Å²) in [5, 5.41) is 3.39. The lowest BCUT2D eigenvalue weighted by Gasteiger charge is -2.06. The van der Waals surface area contributed by atoms with Gasteiger partial charge in [0.2, 0.25) is 0 Å². The standard InChI is InChI=1S/C14H10BrN3OS/c15-10-4-2-1-3-9(10)13(19)17-8-5-6-11-12(7-8)20-14(16)18-11/h1-7H,(H2,16,18)(H,17,19). The van der Waals surface area contributed by atoms with Gasteiger partial charge in [0.25, 0.3) is 5.91 Å². The summed E-state index contributed by atoms with van der Waals surface area (Å²) in [6, 6.07) is 12.8. The molecule has 0 radical (unpaired) electrons. The van der Waals surface area contributed by atoms with Crippen molar-refractivity contribution in [2.45, 2.75) is 0 Å². The molecule has 0 spiro atoms. The molecule has 3 aromatic rings. The highest BCUT2D eigenvalue weighted by atomic mass is 79.9. The van der Waals surface area contributed by atoms with Crippen LogP contribution in [0.15, 0.2) is 46.9 Å². The topological polar surface area (TPSA) is 68.0 Å². The molecule has 2 aromatic carbocycles. The second-order valence-corrected chi connectivity index (χ2v) is 6.09. The van der Waals surface area contributed by atoms with Crippen LogP contribution in [0, 0.1) is 0 Å². The van der Waals surface area contributed by atoms with Crippen LogP contribution in [0.25, 0.3) is 10.2 Å². The van der Waals surface area contributed by atoms with Crippen molar-refractivity contribution < 1.29 is 4.79 Å². The molecule has 0 unspecified atom stereocenters. The molecule has 3 rings (SSSR count). The molecule has 0 fully saturated rings. The van der Waals surface area contributed by atoms with E-state index in [0.717, 1.165) is 20.4 Å². The van der Waals surface area contributed by atoms with Gasteiger partial charge in [0.15, 0.2) is 5.13 Å². The number of carbonyl (C=O) groups is 1. The largest absolute Gasteiger partial charge is 0.375 e. The average molecular weight is 348 g/mol. The maximum Gasteiger partial charge on any atom is 0.256 e. The first-order chi connectivity index (χ1) is 9.63. The summed E-state index contributed by atoms with van der Waals surface area (Å²) in [5.74, 6) is -0.158. The van der Waals surface area contributed by atoms with Crippen LogP contribution >= 0.6 is 27.3 Å². The zero-order chi connectivity index (χ0) is 14.1. The van der Waals surface area contributed by atoms with Gasteiger partial charge in [-0.15, -0.1) is 0 Å². The number of carbonyl (C=O) groups excluding carboxylic acids is 1. The molecule has 0 aliphatic heterocycles. The minimum absolute atomic E-state index is 0.158. The first-order valence-corrected chi connectivity index (χ1v) is 7.46. The zero-order valence-corrected chi connectivity index (χ0v) is 12.7. The Morgan fingerprint density at radius 2 is 2.05 bits per heavy atom. The van der Waals surface area contributed by atoms with Gasteiger partial charge in [-0.3, -0.25) is 4.79 Å². The molecule has 0 saturated heterocycles. The van der Waals surface area contributed by atoms with Gasteiger partial charge >= 0.3 is 0 Å². The van der Waals surface area contributed by atoms with Gasteiger partial charge in [-0.2, -0.15) is 0 Å². The summed E-state index contributed by atoms with van der Waals surface area (Å²) in [7, 11) is 0. The molecule has 0 atom stereocenters. The molecular formula is C14H10BrN3OS. The molecule has 20 heavy (non-hydrogen) atoms. The maximum atomic E-state index is 12.2. The molecule has 100 valence electrons. The minimum atomic E-state index is -0.158. The van der Waals surface area contributed by atoms with Crippen molar-refractivity contribution in [3.8, 4) is 0 Å². The first-order valence-electron chi connectivity index (χ1n) is 5.85. The molecular weight excluding hydrogens is 338 g/mol. The lowest BCUT2D eigenvalue weighted by Crippen LogP contribution is -2.12. The van der Waals surface area contributed by atoms with E-state index >= 15 is 0 Å². The minimum Gasteiger partial charge on any atom is -0.375 e. The summed E-state index contributed by atoms with van der Waals surface area (Å²) >= 11 is 4.77. The number of nitrogen functional groups attached to an aromatic ring is 1. The Labute approximate surface area is 127 Å². The van der Waals surface area contributed by atoms with Crippen molar-refractivity contribution >= 4 is 54.2 Å². The molecule has 0 aliphatic rings. The first kappa shape index (κ1) is 13.1. The van der Waals surface area contributed by atoms with Gasteiger partial charge in [0.1, 0.15) is 0 Å². The van der Waals surface area contributed by atoms with E-state index in [1.54, 1.807) is 6.07 Å². The normalized spacial score (nSPS) is 10.7. The predicted octanol–water partition coefficient (Wildman–Crippen LogP) is 3.89. The van der Waals surface area contributed by atoms with Crippen LogP contribution in [-0.2, 0) is 0 Å². The van der Waals surface area contributed by atoms with Crippen LogP contribution in [0.1, 0.15) is 10.4 Å². The number of nitrogens with one attached hydrogen (secondary N) is 1. The van der Waals surface area contributed by atoms with E-state index < -0.39 is 0 Å². The van der Waals surface area contributed by atoms with Crippen LogP contribution in [0.5, 0.6) is 0 Å². The molecule has 6 heteroatoms. The number of halogens is 1. The number of hydrogen-bond acceptors (Lipinski definition) is 4. The van der Waals surface area contributed by atoms with E-state index in [9.17, 15) is 4.79 Å². The number of amides is 1. The number of fused-ring (bicyclic) bond motifs is 1. The van der Waals surface area contributed by atoms with Crippen molar-refractivity contribution in [2.24, 2.45) is 0 Å². The zero-order valence-electron chi connectivity index (χ0n) is 10.3. The fourth-order valence-corrected chi connectivity index (χ4v) is 3.10. The second-order valence-electron chi connectivity index (χ2n) is 4.17. The highest BCUT2D eigenvalue weighted by Gasteiger charge is 2.10. The summed E-state index contributed by atoms with van der Waals surface area (Å²) in [6.45, 7) is 0. The molecule has 1 heterocycles. The number of nitrogens with two attached hydrogens (primary N) is 1. The van der Waals surface area contributed by atoms with E-state index in [-0.39, 0.29) is 5.91 Å². The summed E-state index contributed by atoms with van der Waals surface area (Å²) in [6.07, 6.45) is 0. The number of rotatable bonds is 2. The van der Waals surface area contributed by atoms with Crippen molar-refractivity contribution in [2.75, 3.05) is 11.1 Å². The van der Waals surface area contributed by atoms with Gasteiger partial charge in [-0.25, -0.2) is 4.98 Å². The summed E-state index contributed by atoms with van der Waals surface area (Å²) in [4.78, 5) is 16.4. The monoisotopic (exact) mass is 347 g/mol. The molecule has 4 nitrogen and oxygen atoms in total. The van der Waals surface area contributed by atoms with Crippen molar-refractivity contribution in [3.05, 3.63) is 52.5 Å². The lowest BCUT2D eigenvalue weighted by molar-refractivity contribution is 0.102. The Kier molecular flexibility index (Phi) is 3.42. The Morgan fingerprint density at radius 1 is 1.25 bits per heavy atom. The van der Waals surface area contributed by atoms with Gasteiger partial charge < -0.3 is 11.1 Å². The van der Waals surface area contributed by atoms with E-state index in [1.165, 1.54) is 11.3 Å². The number of anilines is 2. The second kappa shape index (κ2) is 5.22. The number of thiazole rings is 1. The fourth-order valence-electron chi connectivity index (χ4n) is 1.86. The van der Waals surface area contributed by atoms with Gasteiger partial charge in [0.05, 0.1) is 15.8 Å². The SMILES string of the molecule is Nc1nc2ccc(NC(=O)c3ccccc3Br)cc2s1. The predicted molar refractivity (Wildman–Crippen MR) is 86.1 cm³/mol. The third-order valence-corrected chi connectivity index (χ3v) is 4.32. The quantitative estimate of drug-likeness (QED) is 0.738. The lowest BCUT2D eigenvalue weighted by atomic mass is 10.2. The summed E-state index contributed by atoms with van der Waals surface area (Å²) < 4.78 is 1.72. The van der Waals surface area contributed by atoms with Crippen molar-refractivity contribution in [1.29, 1.82) is 0 Å². The van der Waals surface area contributed by atoms with E-state index in [4.69, 9.17) is 5.73 Å². The smallest absolute Gasteiger partial charge is 0.256 e. The Bertz CT molecular complexity index is 800. The third-order valence-electron chi connectivity index (χ3n) is 2.78. The number of aromatic nitrogens is 1. The highest BCUT2D eigenvalue weighted by molar-refractivity contribution is 9.10. The van der Waals surface area contributed by atoms with Crippen molar-refractivity contribution in [3.63, 3.8) is 0 Å². The number of nitrogens with zero attached hydrogens (tertiary/aromatic N) is 1. The van der Waals surface area contributed by atoms with Gasteiger partial charge in [-0.1, -0.05) is 23.5 Å². The molecule has 1 amide bonds. The summed E-state index contributed by atoms with van der Waals surface area (Å²) in [5.41, 5.74) is 7.82. The van der Waals surface area contributed by atoms with Gasteiger partial charge in [0, 0.05) is 10.2 Å². The molecule has 0 saturated carbocycles. The van der Waals surface area contributed by atoms with Crippen LogP contribution in [-0.4, -0.2) is 10.9 Å². The van der Waals surface area contributed by atoms with Gasteiger partial charge in [-0.05, 0) is 46.3 Å². The molecule has 1 aromatic heterocycles. The third kappa shape index (κ3) is 2.52. The van der Waals surface area contributed by atoms with Crippen LogP contribution < -0.4 is 11.1 Å². The van der Waals surface area contributed by atoms with E-state index in [0.29, 0.717) is 10.7 Å². The van der Waals surface area contributed by atoms with Crippen LogP contribution in [0.4, 0.5) is 10.8 Å². The molecule has 0 aliphatic carbocycles. The Hall–Kier alpha value is -1.92. The van der Waals surface area contributed by atoms with Crippen molar-refractivity contribution in [1.82, 2.24) is 4.98 Å². The average Bonchev–Trinajstić information content (AvgIpc) is 2.78. The number of hydrogen-bond donors (Lipinski definition) is 2. The Morgan fingerprint density at radius 3 is 2.85 bits per heavy atom. The highest BCUT2D eigenvalue weighted by Crippen LogP contribution is 2.27.